The minimum Gasteiger partial charge on any atom is -0.543 e. The Bertz CT molecular complexity index is 1430. The van der Waals surface area contributed by atoms with Crippen LogP contribution in [0.4, 0.5) is 5.13 Å². The Morgan fingerprint density at radius 1 is 1.18 bits per heavy atom. The normalized spacial score (nSPS) is 18.0. The van der Waals surface area contributed by atoms with Gasteiger partial charge in [-0.1, -0.05) is 44.2 Å². The summed E-state index contributed by atoms with van der Waals surface area (Å²) in [6.07, 6.45) is 9.85. The molecule has 2 aliphatic heterocycles. The van der Waals surface area contributed by atoms with Crippen LogP contribution in [0.5, 0.6) is 0 Å². The number of carboxylic acid groups (broad SMARTS) is 1. The van der Waals surface area contributed by atoms with Gasteiger partial charge in [0.25, 0.3) is 11.8 Å². The van der Waals surface area contributed by atoms with Gasteiger partial charge in [0, 0.05) is 35.0 Å². The van der Waals surface area contributed by atoms with E-state index < -0.39 is 35.2 Å². The van der Waals surface area contributed by atoms with Crippen molar-refractivity contribution >= 4 is 57.9 Å². The Balaban J connectivity index is 1.37. The fourth-order valence-corrected chi connectivity index (χ4v) is 6.47. The number of hydrogen-bond acceptors (Lipinski definition) is 13. The molecule has 0 spiro atoms. The van der Waals surface area contributed by atoms with Gasteiger partial charge in [-0.2, -0.15) is 9.36 Å². The number of aliphatic carboxylic acids is 1. The number of nitrogen functional groups attached to an aromatic ring is 1. The molecule has 0 aliphatic carbocycles. The van der Waals surface area contributed by atoms with Crippen molar-refractivity contribution in [2.24, 2.45) is 5.16 Å². The van der Waals surface area contributed by atoms with Gasteiger partial charge in [-0.05, 0) is 13.3 Å². The van der Waals surface area contributed by atoms with Gasteiger partial charge in [-0.25, -0.2) is 9.36 Å². The number of β-lactam (4-membered cyclic amide) rings is 1. The summed E-state index contributed by atoms with van der Waals surface area (Å²) in [6, 6.07) is 2.20. The number of nitrogens with two attached hydrogens (primary N) is 1. The quantitative estimate of drug-likeness (QED) is 0.0654. The second-order valence-electron chi connectivity index (χ2n) is 10.1. The molecule has 236 valence electrons. The Labute approximate surface area is 262 Å². The molecule has 0 radical (unpaired) electrons. The van der Waals surface area contributed by atoms with Crippen LogP contribution in [-0.2, 0) is 30.5 Å². The third-order valence-corrected chi connectivity index (χ3v) is 8.79. The smallest absolute Gasteiger partial charge is 0.338 e. The predicted octanol–water partition coefficient (Wildman–Crippen LogP) is 0.770. The molecule has 2 aromatic heterocycles. The topological polar surface area (TPSA) is 193 Å². The minimum absolute atomic E-state index is 0.0508. The number of pyridine rings is 1. The lowest BCUT2D eigenvalue weighted by atomic mass is 10.0. The Hall–Kier alpha value is -4.05. The van der Waals surface area contributed by atoms with E-state index in [4.69, 9.17) is 15.3 Å². The number of aromatic nitrogens is 3. The second kappa shape index (κ2) is 15.6. The molecule has 4 heterocycles. The second-order valence-corrected chi connectivity index (χ2v) is 12.0. The number of carbonyl (C=O) groups is 4. The highest BCUT2D eigenvalue weighted by molar-refractivity contribution is 8.00. The van der Waals surface area contributed by atoms with Gasteiger partial charge in [-0.15, -0.1) is 11.8 Å². The van der Waals surface area contributed by atoms with Crippen molar-refractivity contribution in [2.45, 2.75) is 70.3 Å². The molecule has 2 amide bonds. The number of rotatable bonds is 16. The van der Waals surface area contributed by atoms with E-state index in [-0.39, 0.29) is 41.3 Å². The predicted molar refractivity (Wildman–Crippen MR) is 160 cm³/mol. The molecule has 4 rings (SSSR count). The highest BCUT2D eigenvalue weighted by atomic mass is 32.2. The van der Waals surface area contributed by atoms with Gasteiger partial charge in [0.15, 0.2) is 24.1 Å². The Morgan fingerprint density at radius 2 is 1.91 bits per heavy atom. The number of unbranched alkanes of at least 4 members (excludes halogenated alkanes) is 5. The number of anilines is 1. The number of esters is 1. The molecule has 1 saturated heterocycles. The van der Waals surface area contributed by atoms with Gasteiger partial charge in [0.05, 0.1) is 23.8 Å². The summed E-state index contributed by atoms with van der Waals surface area (Å²) in [7, 11) is 0. The van der Waals surface area contributed by atoms with E-state index in [1.54, 1.807) is 36.0 Å². The van der Waals surface area contributed by atoms with E-state index >= 15 is 0 Å². The number of hydrogen-bond donors (Lipinski definition) is 2. The van der Waals surface area contributed by atoms with Crippen molar-refractivity contribution in [3.05, 3.63) is 47.2 Å². The number of carbonyl (C=O) groups excluding carboxylic acids is 4. The number of nitrogens with zero attached hydrogens (tertiary/aromatic N) is 5. The van der Waals surface area contributed by atoms with E-state index in [2.05, 4.69) is 26.8 Å². The van der Waals surface area contributed by atoms with Crippen LogP contribution in [0.2, 0.25) is 0 Å². The maximum atomic E-state index is 13.1. The lowest BCUT2D eigenvalue weighted by Crippen LogP contribution is -2.71. The van der Waals surface area contributed by atoms with E-state index in [1.807, 2.05) is 0 Å². The van der Waals surface area contributed by atoms with Gasteiger partial charge in [-0.3, -0.25) is 14.5 Å². The third-order valence-electron chi connectivity index (χ3n) is 6.91. The van der Waals surface area contributed by atoms with Crippen molar-refractivity contribution < 1.29 is 38.4 Å². The van der Waals surface area contributed by atoms with Crippen LogP contribution in [-0.4, -0.2) is 74.1 Å². The van der Waals surface area contributed by atoms with Crippen molar-refractivity contribution in [3.8, 4) is 0 Å². The van der Waals surface area contributed by atoms with E-state index in [1.165, 1.54) is 31.0 Å². The van der Waals surface area contributed by atoms with Gasteiger partial charge in [0.1, 0.15) is 18.0 Å². The fraction of sp³-hybridized carbons (Fsp3) is 0.500. The fourth-order valence-electron chi connectivity index (χ4n) is 4.70. The summed E-state index contributed by atoms with van der Waals surface area (Å²) < 4.78 is 11.1. The van der Waals surface area contributed by atoms with Crippen molar-refractivity contribution in [2.75, 3.05) is 24.7 Å². The molecule has 2 atom stereocenters. The first kappa shape index (κ1) is 32.9. The summed E-state index contributed by atoms with van der Waals surface area (Å²) in [6.45, 7) is 4.54. The van der Waals surface area contributed by atoms with Crippen LogP contribution < -0.4 is 20.7 Å². The van der Waals surface area contributed by atoms with Crippen LogP contribution in [0.15, 0.2) is 41.0 Å². The molecule has 14 nitrogen and oxygen atoms in total. The monoisotopic (exact) mass is 645 g/mol. The van der Waals surface area contributed by atoms with Gasteiger partial charge < -0.3 is 30.5 Å². The number of amides is 2. The largest absolute Gasteiger partial charge is 0.543 e. The molecule has 0 bridgehead atoms. The molecule has 0 aromatic carbocycles. The minimum atomic E-state index is -1.50. The molecule has 2 aliphatic rings. The molecule has 44 heavy (non-hydrogen) atoms. The lowest BCUT2D eigenvalue weighted by Gasteiger charge is -2.50. The maximum Gasteiger partial charge on any atom is 0.338 e. The third kappa shape index (κ3) is 7.91. The number of oxime groups is 1. The zero-order chi connectivity index (χ0) is 31.6. The number of thioether (sulfide) groups is 1. The number of fused-ring (bicyclic) bond motifs is 1. The van der Waals surface area contributed by atoms with E-state index in [9.17, 15) is 24.3 Å². The molecule has 2 aromatic rings. The Kier molecular flexibility index (Phi) is 11.7. The van der Waals surface area contributed by atoms with E-state index in [0.717, 1.165) is 35.7 Å². The number of ether oxygens (including phenoxy) is 1. The van der Waals surface area contributed by atoms with Gasteiger partial charge >= 0.3 is 5.97 Å². The summed E-state index contributed by atoms with van der Waals surface area (Å²) in [5, 5.41) is 18.0. The molecule has 1 fully saturated rings. The molecular formula is C28H35N7O7S2. The molecule has 1 unspecified atom stereocenters. The Morgan fingerprint density at radius 3 is 2.57 bits per heavy atom. The van der Waals surface area contributed by atoms with Gasteiger partial charge in [0.2, 0.25) is 11.5 Å². The molecular weight excluding hydrogens is 610 g/mol. The number of nitrogens with one attached hydrogen (secondary N) is 1. The highest BCUT2D eigenvalue weighted by Gasteiger charge is 2.53. The average molecular weight is 646 g/mol. The molecule has 16 heteroatoms. The van der Waals surface area contributed by atoms with Crippen molar-refractivity contribution in [1.82, 2.24) is 19.6 Å². The SMILES string of the molecule is CCCCCCCCOC(=O)c1cc[n+](CC2=C(C(=O)[O-])N3C(=O)C(NC(=O)C(=NOCC)c4nsc(N)n4)[C@H]3SC2)cc1. The summed E-state index contributed by atoms with van der Waals surface area (Å²) in [5.74, 6) is -3.07. The highest BCUT2D eigenvalue weighted by Crippen LogP contribution is 2.40. The van der Waals surface area contributed by atoms with Crippen molar-refractivity contribution in [1.29, 1.82) is 0 Å². The van der Waals surface area contributed by atoms with Crippen LogP contribution in [0.1, 0.15) is 68.6 Å². The molecule has 3 N–H and O–H groups in total. The standard InChI is InChI=1S/C28H35N7O7S2/c1-3-5-6-7-8-9-14-41-27(40)17-10-12-34(13-11-17)15-18-16-43-25-20(24(37)35(25)21(18)26(38)39)30-23(36)19(32-42-4-2)22-31-28(29)44-33-22/h10-13,20,25H,3-9,14-16H2,1-2H3,(H3-,29,30,31,33,36,38,39)/t20?,25-/m1/s1. The zero-order valence-corrected chi connectivity index (χ0v) is 26.2. The summed E-state index contributed by atoms with van der Waals surface area (Å²) in [5.41, 5.74) is 5.97. The van der Waals surface area contributed by atoms with Crippen LogP contribution in [0.25, 0.3) is 0 Å². The summed E-state index contributed by atoms with van der Waals surface area (Å²) in [4.78, 5) is 60.8. The summed E-state index contributed by atoms with van der Waals surface area (Å²) >= 11 is 2.18. The maximum absolute atomic E-state index is 13.1. The molecule has 0 saturated carbocycles. The van der Waals surface area contributed by atoms with Crippen LogP contribution >= 0.6 is 23.3 Å². The lowest BCUT2D eigenvalue weighted by molar-refractivity contribution is -0.689. The average Bonchev–Trinajstić information content (AvgIpc) is 3.45. The van der Waals surface area contributed by atoms with E-state index in [0.29, 0.717) is 17.7 Å². The van der Waals surface area contributed by atoms with Crippen LogP contribution in [0, 0.1) is 0 Å². The number of carboxylic acids is 1. The van der Waals surface area contributed by atoms with Crippen molar-refractivity contribution in [3.63, 3.8) is 0 Å². The first-order valence-corrected chi connectivity index (χ1v) is 16.2. The first-order chi connectivity index (χ1) is 21.2. The zero-order valence-electron chi connectivity index (χ0n) is 24.5. The van der Waals surface area contributed by atoms with Crippen LogP contribution in [0.3, 0.4) is 0 Å². The first-order valence-electron chi connectivity index (χ1n) is 14.4.